The van der Waals surface area contributed by atoms with Gasteiger partial charge in [0.05, 0.1) is 5.71 Å². The van der Waals surface area contributed by atoms with Crippen LogP contribution in [0.25, 0.3) is 55.6 Å². The predicted octanol–water partition coefficient (Wildman–Crippen LogP) is 13.4. The van der Waals surface area contributed by atoms with Crippen LogP contribution in [0.1, 0.15) is 23.1 Å². The van der Waals surface area contributed by atoms with Crippen LogP contribution in [0.15, 0.2) is 229 Å². The second-order valence-electron chi connectivity index (χ2n) is 13.9. The van der Waals surface area contributed by atoms with Crippen molar-refractivity contribution in [3.8, 4) is 22.3 Å². The van der Waals surface area contributed by atoms with Gasteiger partial charge in [0.1, 0.15) is 0 Å². The van der Waals surface area contributed by atoms with Crippen molar-refractivity contribution in [2.75, 3.05) is 6.54 Å². The predicted molar refractivity (Wildman–Crippen MR) is 246 cm³/mol. The lowest BCUT2D eigenvalue weighted by Crippen LogP contribution is -2.14. The third-order valence-corrected chi connectivity index (χ3v) is 10.1. The Morgan fingerprint density at radius 3 is 2.09 bits per heavy atom. The molecule has 0 saturated heterocycles. The lowest BCUT2D eigenvalue weighted by Gasteiger charge is -2.16. The Morgan fingerprint density at radius 2 is 1.30 bits per heavy atom. The van der Waals surface area contributed by atoms with Crippen molar-refractivity contribution in [3.63, 3.8) is 0 Å². The minimum atomic E-state index is 0.664. The van der Waals surface area contributed by atoms with E-state index in [1.54, 1.807) is 6.08 Å². The molecule has 8 rings (SSSR count). The Hall–Kier alpha value is -7.36. The maximum absolute atomic E-state index is 7.46. The number of fused-ring (bicyclic) bond motifs is 2. The fraction of sp³-hybridized carbons (Fsp3) is 0.0370. The van der Waals surface area contributed by atoms with E-state index in [1.807, 2.05) is 36.6 Å². The van der Waals surface area contributed by atoms with E-state index in [0.29, 0.717) is 6.54 Å². The molecule has 0 radical (unpaired) electrons. The summed E-state index contributed by atoms with van der Waals surface area (Å²) in [5.41, 5.74) is 11.8. The summed E-state index contributed by atoms with van der Waals surface area (Å²) in [6.45, 7) is 0.664. The minimum Gasteiger partial charge on any atom is -0.381 e. The molecule has 2 N–H and O–H groups in total. The third kappa shape index (κ3) is 8.96. The van der Waals surface area contributed by atoms with Crippen molar-refractivity contribution >= 4 is 45.2 Å². The number of rotatable bonds is 7. The highest BCUT2D eigenvalue weighted by Gasteiger charge is 2.15. The number of allylic oxidation sites excluding steroid dienone is 14. The quantitative estimate of drug-likeness (QED) is 0.125. The molecule has 3 nitrogen and oxygen atoms in total. The van der Waals surface area contributed by atoms with Crippen LogP contribution in [0.2, 0.25) is 0 Å². The van der Waals surface area contributed by atoms with Crippen molar-refractivity contribution in [3.05, 3.63) is 240 Å². The van der Waals surface area contributed by atoms with Gasteiger partial charge in [-0.1, -0.05) is 164 Å². The Morgan fingerprint density at radius 1 is 0.596 bits per heavy atom. The molecule has 0 atom stereocenters. The molecule has 6 aromatic carbocycles. The van der Waals surface area contributed by atoms with Crippen LogP contribution in [0, 0.1) is 5.41 Å². The summed E-state index contributed by atoms with van der Waals surface area (Å²) in [5, 5.41) is 16.0. The van der Waals surface area contributed by atoms with Crippen molar-refractivity contribution in [2.45, 2.75) is 6.42 Å². The zero-order valence-electron chi connectivity index (χ0n) is 31.7. The molecule has 1 aliphatic carbocycles. The highest BCUT2D eigenvalue weighted by Crippen LogP contribution is 2.38. The van der Waals surface area contributed by atoms with Crippen molar-refractivity contribution in [1.29, 1.82) is 5.41 Å². The largest absolute Gasteiger partial charge is 0.381 e. The topological polar surface area (TPSA) is 48.2 Å². The van der Waals surface area contributed by atoms with E-state index < -0.39 is 0 Å². The molecule has 3 heteroatoms. The first-order valence-corrected chi connectivity index (χ1v) is 19.4. The van der Waals surface area contributed by atoms with E-state index in [4.69, 9.17) is 10.4 Å². The second kappa shape index (κ2) is 17.9. The fourth-order valence-corrected chi connectivity index (χ4v) is 7.31. The van der Waals surface area contributed by atoms with Gasteiger partial charge in [0.2, 0.25) is 0 Å². The molecule has 0 spiro atoms. The van der Waals surface area contributed by atoms with Gasteiger partial charge in [-0.2, -0.15) is 0 Å². The highest BCUT2D eigenvalue weighted by molar-refractivity contribution is 6.16. The first kappa shape index (κ1) is 36.6. The van der Waals surface area contributed by atoms with E-state index in [-0.39, 0.29) is 0 Å². The number of aliphatic imine (C=N–C) groups is 1. The molecule has 57 heavy (non-hydrogen) atoms. The molecular weight excluding hydrogens is 691 g/mol. The van der Waals surface area contributed by atoms with Gasteiger partial charge in [0.25, 0.3) is 0 Å². The van der Waals surface area contributed by atoms with Crippen LogP contribution >= 0.6 is 0 Å². The van der Waals surface area contributed by atoms with Crippen molar-refractivity contribution in [2.24, 2.45) is 4.99 Å². The van der Waals surface area contributed by atoms with E-state index in [2.05, 4.69) is 181 Å². The number of hydrogen-bond acceptors (Lipinski definition) is 3. The minimum absolute atomic E-state index is 0.664. The monoisotopic (exact) mass is 733 g/mol. The molecule has 1 aliphatic heterocycles. The van der Waals surface area contributed by atoms with Crippen LogP contribution < -0.4 is 5.32 Å². The Kier molecular flexibility index (Phi) is 11.5. The Balaban J connectivity index is 1.33. The van der Waals surface area contributed by atoms with E-state index in [9.17, 15) is 0 Å². The summed E-state index contributed by atoms with van der Waals surface area (Å²) in [6.07, 6.45) is 33.2. The molecule has 6 aromatic rings. The summed E-state index contributed by atoms with van der Waals surface area (Å²) in [4.78, 5) is 5.14. The second-order valence-corrected chi connectivity index (χ2v) is 13.9. The standard InChI is InChI=1S/C54H43N3/c55-31-15-18-40-16-7-8-17-41(26-25-40)34-42-35-48(38-49(36-42)54-50-23-11-9-21-46(50)37-47-22-10-12-24-51(47)54)53-39-52(56-32-13-2-1-3-14-33-57-53)45-29-27-44(28-30-45)43-19-5-4-6-20-43/h1-6,8-31,33-39,55-56H,7,32H2/b3-1-,13-2+,17-8-,18-15-,26-25-,33-14-,40-16-,41-34+,52-39-,55-31?,57-53+. The average Bonchev–Trinajstić information content (AvgIpc) is 3.24. The van der Waals surface area contributed by atoms with Crippen LogP contribution in [0.3, 0.4) is 0 Å². The maximum Gasteiger partial charge on any atom is 0.0723 e. The van der Waals surface area contributed by atoms with Crippen LogP contribution in [-0.2, 0) is 0 Å². The molecule has 0 amide bonds. The smallest absolute Gasteiger partial charge is 0.0723 e. The van der Waals surface area contributed by atoms with Gasteiger partial charge in [-0.3, -0.25) is 4.99 Å². The molecular formula is C54H43N3. The summed E-state index contributed by atoms with van der Waals surface area (Å²) in [7, 11) is 0. The first-order chi connectivity index (χ1) is 28.2. The van der Waals surface area contributed by atoms with Gasteiger partial charge in [0, 0.05) is 30.2 Å². The fourth-order valence-electron chi connectivity index (χ4n) is 7.31. The van der Waals surface area contributed by atoms with Gasteiger partial charge in [-0.15, -0.1) is 0 Å². The average molecular weight is 734 g/mol. The first-order valence-electron chi connectivity index (χ1n) is 19.4. The Bertz CT molecular complexity index is 2690. The zero-order valence-corrected chi connectivity index (χ0v) is 31.7. The number of hydrogen-bond donors (Lipinski definition) is 2. The third-order valence-electron chi connectivity index (χ3n) is 10.1. The van der Waals surface area contributed by atoms with Crippen molar-refractivity contribution < 1.29 is 0 Å². The molecule has 1 heterocycles. The normalized spacial score (nSPS) is 20.9. The summed E-state index contributed by atoms with van der Waals surface area (Å²) in [5.74, 6) is 0. The van der Waals surface area contributed by atoms with Gasteiger partial charge in [0.15, 0.2) is 0 Å². The summed E-state index contributed by atoms with van der Waals surface area (Å²) >= 11 is 0. The lowest BCUT2D eigenvalue weighted by molar-refractivity contribution is 1.01. The number of nitrogens with zero attached hydrogens (tertiary/aromatic N) is 1. The van der Waals surface area contributed by atoms with Gasteiger partial charge in [-0.25, -0.2) is 0 Å². The molecule has 0 aromatic heterocycles. The summed E-state index contributed by atoms with van der Waals surface area (Å²) < 4.78 is 0. The van der Waals surface area contributed by atoms with Gasteiger partial charge >= 0.3 is 0 Å². The molecule has 0 saturated carbocycles. The van der Waals surface area contributed by atoms with Crippen LogP contribution in [0.4, 0.5) is 0 Å². The SMILES string of the molecule is N=C\C=C/C1=C/C\C=C/C(=C\c2cc(C3=N/C=C\C=C/C=C/CN/C(c4ccc(-c5ccccc5)cc4)=C\3)cc(-c3c4ccccc4cc4ccccc34)c2)/C=C\1. The Labute approximate surface area is 335 Å². The molecule has 2 aliphatic rings. The van der Waals surface area contributed by atoms with E-state index >= 15 is 0 Å². The lowest BCUT2D eigenvalue weighted by atomic mass is 9.89. The zero-order chi connectivity index (χ0) is 38.7. The molecule has 274 valence electrons. The maximum atomic E-state index is 7.46. The molecule has 0 unspecified atom stereocenters. The van der Waals surface area contributed by atoms with E-state index in [0.717, 1.165) is 51.2 Å². The highest BCUT2D eigenvalue weighted by atomic mass is 14.9. The molecule has 0 bridgehead atoms. The number of benzene rings is 6. The summed E-state index contributed by atoms with van der Waals surface area (Å²) in [6, 6.07) is 45.7. The van der Waals surface area contributed by atoms with Gasteiger partial charge < -0.3 is 10.7 Å². The number of nitrogens with one attached hydrogen (secondary N) is 2. The molecule has 0 fully saturated rings. The van der Waals surface area contributed by atoms with Gasteiger partial charge in [-0.05, 0) is 121 Å². The van der Waals surface area contributed by atoms with Crippen LogP contribution in [0.5, 0.6) is 0 Å². The van der Waals surface area contributed by atoms with E-state index in [1.165, 1.54) is 44.4 Å². The van der Waals surface area contributed by atoms with Crippen molar-refractivity contribution in [1.82, 2.24) is 5.32 Å². The van der Waals surface area contributed by atoms with Crippen LogP contribution in [-0.4, -0.2) is 18.5 Å².